The van der Waals surface area contributed by atoms with Gasteiger partial charge in [0.25, 0.3) is 5.69 Å². The number of rotatable bonds is 3. The molecule has 0 bridgehead atoms. The molecule has 2 rings (SSSR count). The van der Waals surface area contributed by atoms with E-state index in [0.717, 1.165) is 11.1 Å². The maximum atomic E-state index is 12.1. The second-order valence-corrected chi connectivity index (χ2v) is 4.41. The summed E-state index contributed by atoms with van der Waals surface area (Å²) in [4.78, 5) is 22.2. The molecule has 2 aromatic rings. The number of esters is 1. The molecule has 0 atom stereocenters. The Morgan fingerprint density at radius 2 is 1.60 bits per heavy atom. The van der Waals surface area contributed by atoms with Gasteiger partial charge in [0.15, 0.2) is 0 Å². The number of nitro benzene ring substituents is 1. The lowest BCUT2D eigenvalue weighted by molar-refractivity contribution is -0.384. The number of hydrogen-bond donors (Lipinski definition) is 0. The van der Waals surface area contributed by atoms with Crippen LogP contribution in [0.4, 0.5) is 5.69 Å². The highest BCUT2D eigenvalue weighted by Crippen LogP contribution is 2.20. The van der Waals surface area contributed by atoms with E-state index in [-0.39, 0.29) is 11.4 Å². The highest BCUT2D eigenvalue weighted by molar-refractivity contribution is 5.94. The van der Waals surface area contributed by atoms with Crippen LogP contribution in [0, 0.1) is 24.0 Å². The summed E-state index contributed by atoms with van der Waals surface area (Å²) in [5.74, 6) is -0.183. The zero-order valence-corrected chi connectivity index (χ0v) is 11.1. The van der Waals surface area contributed by atoms with Gasteiger partial charge >= 0.3 is 5.97 Å². The standard InChI is InChI=1S/C15H13NO4/c1-10-4-3-5-11(2)14(10)15(17)20-13-8-6-12(7-9-13)16(18)19/h3-9H,1-2H3. The number of aryl methyl sites for hydroxylation is 2. The molecule has 20 heavy (non-hydrogen) atoms. The van der Waals surface area contributed by atoms with Crippen molar-refractivity contribution in [1.29, 1.82) is 0 Å². The van der Waals surface area contributed by atoms with Crippen LogP contribution in [0.15, 0.2) is 42.5 Å². The third-order valence-corrected chi connectivity index (χ3v) is 2.94. The van der Waals surface area contributed by atoms with E-state index in [4.69, 9.17) is 4.74 Å². The Morgan fingerprint density at radius 1 is 1.05 bits per heavy atom. The molecule has 0 unspecified atom stereocenters. The van der Waals surface area contributed by atoms with Gasteiger partial charge in [0.1, 0.15) is 5.75 Å². The molecule has 0 fully saturated rings. The Morgan fingerprint density at radius 3 is 2.10 bits per heavy atom. The molecule has 2 aromatic carbocycles. The summed E-state index contributed by atoms with van der Waals surface area (Å²) in [7, 11) is 0. The van der Waals surface area contributed by atoms with Gasteiger partial charge in [0.2, 0.25) is 0 Å². The summed E-state index contributed by atoms with van der Waals surface area (Å²) in [5, 5.41) is 10.5. The number of nitro groups is 1. The van der Waals surface area contributed by atoms with Crippen LogP contribution in [0.2, 0.25) is 0 Å². The van der Waals surface area contributed by atoms with E-state index in [1.165, 1.54) is 24.3 Å². The first kappa shape index (κ1) is 13.7. The van der Waals surface area contributed by atoms with Crippen molar-refractivity contribution in [2.45, 2.75) is 13.8 Å². The zero-order chi connectivity index (χ0) is 14.7. The monoisotopic (exact) mass is 271 g/mol. The molecule has 0 saturated carbocycles. The number of nitrogens with zero attached hydrogens (tertiary/aromatic N) is 1. The average Bonchev–Trinajstić information content (AvgIpc) is 2.39. The second-order valence-electron chi connectivity index (χ2n) is 4.41. The second kappa shape index (κ2) is 5.52. The van der Waals surface area contributed by atoms with Gasteiger partial charge in [-0.15, -0.1) is 0 Å². The van der Waals surface area contributed by atoms with Crippen LogP contribution in [0.3, 0.4) is 0 Å². The number of ether oxygens (including phenoxy) is 1. The van der Waals surface area contributed by atoms with Crippen molar-refractivity contribution in [2.75, 3.05) is 0 Å². The summed E-state index contributed by atoms with van der Waals surface area (Å²) < 4.78 is 5.24. The normalized spacial score (nSPS) is 10.1. The Bertz CT molecular complexity index is 642. The third kappa shape index (κ3) is 2.83. The molecule has 102 valence electrons. The third-order valence-electron chi connectivity index (χ3n) is 2.94. The van der Waals surface area contributed by atoms with Gasteiger partial charge in [0.05, 0.1) is 10.5 Å². The quantitative estimate of drug-likeness (QED) is 0.371. The Hall–Kier alpha value is -2.69. The fraction of sp³-hybridized carbons (Fsp3) is 0.133. The van der Waals surface area contributed by atoms with Crippen molar-refractivity contribution < 1.29 is 14.5 Å². The summed E-state index contributed by atoms with van der Waals surface area (Å²) in [6.07, 6.45) is 0. The molecule has 5 nitrogen and oxygen atoms in total. The van der Waals surface area contributed by atoms with Crippen molar-refractivity contribution in [3.05, 3.63) is 69.3 Å². The molecule has 0 aliphatic carbocycles. The van der Waals surface area contributed by atoms with E-state index in [2.05, 4.69) is 0 Å². The summed E-state index contributed by atoms with van der Waals surface area (Å²) in [6.45, 7) is 3.67. The number of carbonyl (C=O) groups excluding carboxylic acids is 1. The maximum Gasteiger partial charge on any atom is 0.344 e. The van der Waals surface area contributed by atoms with Crippen molar-refractivity contribution in [3.8, 4) is 5.75 Å². The topological polar surface area (TPSA) is 69.4 Å². The van der Waals surface area contributed by atoms with E-state index in [9.17, 15) is 14.9 Å². The Labute approximate surface area is 116 Å². The molecule has 0 aliphatic heterocycles. The summed E-state index contributed by atoms with van der Waals surface area (Å²) >= 11 is 0. The molecular formula is C15H13NO4. The minimum atomic E-state index is -0.503. The van der Waals surface area contributed by atoms with Crippen LogP contribution < -0.4 is 4.74 Å². The highest BCUT2D eigenvalue weighted by atomic mass is 16.6. The first-order chi connectivity index (χ1) is 9.49. The first-order valence-electron chi connectivity index (χ1n) is 6.02. The zero-order valence-electron chi connectivity index (χ0n) is 11.1. The van der Waals surface area contributed by atoms with Crippen LogP contribution in [-0.4, -0.2) is 10.9 Å². The molecule has 0 N–H and O–H groups in total. The molecule has 0 heterocycles. The van der Waals surface area contributed by atoms with E-state index in [1.807, 2.05) is 32.0 Å². The fourth-order valence-corrected chi connectivity index (χ4v) is 1.93. The SMILES string of the molecule is Cc1cccc(C)c1C(=O)Oc1ccc([N+](=O)[O-])cc1. The van der Waals surface area contributed by atoms with Crippen LogP contribution >= 0.6 is 0 Å². The molecule has 0 aromatic heterocycles. The van der Waals surface area contributed by atoms with Crippen molar-refractivity contribution in [1.82, 2.24) is 0 Å². The maximum absolute atomic E-state index is 12.1. The Balaban J connectivity index is 2.21. The summed E-state index contributed by atoms with van der Waals surface area (Å²) in [6, 6.07) is 10.9. The molecule has 0 aliphatic rings. The van der Waals surface area contributed by atoms with E-state index < -0.39 is 10.9 Å². The van der Waals surface area contributed by atoms with Gasteiger partial charge in [0, 0.05) is 12.1 Å². The lowest BCUT2D eigenvalue weighted by atomic mass is 10.0. The minimum absolute atomic E-state index is 0.0446. The van der Waals surface area contributed by atoms with Gasteiger partial charge in [-0.1, -0.05) is 18.2 Å². The van der Waals surface area contributed by atoms with Gasteiger partial charge in [-0.25, -0.2) is 4.79 Å². The predicted octanol–water partition coefficient (Wildman–Crippen LogP) is 3.43. The van der Waals surface area contributed by atoms with E-state index >= 15 is 0 Å². The van der Waals surface area contributed by atoms with Crippen molar-refractivity contribution in [2.24, 2.45) is 0 Å². The number of carbonyl (C=O) groups is 1. The van der Waals surface area contributed by atoms with Crippen LogP contribution in [-0.2, 0) is 0 Å². The lowest BCUT2D eigenvalue weighted by Crippen LogP contribution is -2.12. The highest BCUT2D eigenvalue weighted by Gasteiger charge is 2.14. The molecular weight excluding hydrogens is 258 g/mol. The molecule has 0 saturated heterocycles. The van der Waals surface area contributed by atoms with Crippen molar-refractivity contribution >= 4 is 11.7 Å². The van der Waals surface area contributed by atoms with Crippen LogP contribution in [0.5, 0.6) is 5.75 Å². The summed E-state index contributed by atoms with van der Waals surface area (Å²) in [5.41, 5.74) is 2.14. The average molecular weight is 271 g/mol. The molecule has 5 heteroatoms. The van der Waals surface area contributed by atoms with E-state index in [1.54, 1.807) is 0 Å². The molecule has 0 amide bonds. The van der Waals surface area contributed by atoms with Crippen molar-refractivity contribution in [3.63, 3.8) is 0 Å². The van der Waals surface area contributed by atoms with E-state index in [0.29, 0.717) is 5.56 Å². The lowest BCUT2D eigenvalue weighted by Gasteiger charge is -2.09. The van der Waals surface area contributed by atoms with Gasteiger partial charge < -0.3 is 4.74 Å². The van der Waals surface area contributed by atoms with Gasteiger partial charge in [-0.2, -0.15) is 0 Å². The van der Waals surface area contributed by atoms with Gasteiger partial charge in [-0.05, 0) is 37.1 Å². The van der Waals surface area contributed by atoms with Gasteiger partial charge in [-0.3, -0.25) is 10.1 Å². The number of benzene rings is 2. The van der Waals surface area contributed by atoms with Crippen LogP contribution in [0.25, 0.3) is 0 Å². The minimum Gasteiger partial charge on any atom is -0.423 e. The predicted molar refractivity (Wildman–Crippen MR) is 74.0 cm³/mol. The smallest absolute Gasteiger partial charge is 0.344 e. The fourth-order valence-electron chi connectivity index (χ4n) is 1.93. The molecule has 0 spiro atoms. The molecule has 0 radical (unpaired) electrons. The largest absolute Gasteiger partial charge is 0.423 e. The first-order valence-corrected chi connectivity index (χ1v) is 6.02. The number of non-ortho nitro benzene ring substituents is 1. The van der Waals surface area contributed by atoms with Crippen LogP contribution in [0.1, 0.15) is 21.5 Å². The number of hydrogen-bond acceptors (Lipinski definition) is 4. The Kier molecular flexibility index (Phi) is 3.79.